The largest absolute Gasteiger partial charge is 0 e. The van der Waals surface area contributed by atoms with Crippen molar-refractivity contribution in [2.24, 2.45) is 10.8 Å². The van der Waals surface area contributed by atoms with Gasteiger partial charge in [-0.15, -0.1) is 0 Å². The molecule has 3 nitrogen and oxygen atoms in total. The molecule has 0 aliphatic heterocycles. The minimum Gasteiger partial charge on any atom is 0 e. The zero-order valence-corrected chi connectivity index (χ0v) is 32.5. The molecule has 1 heterocycles. The number of carbonyl (C=O) groups is 1. The fourth-order valence-electron chi connectivity index (χ4n) is 4.39. The Morgan fingerprint density at radius 2 is 1.57 bits per heavy atom. The number of allylic oxidation sites excluding steroid dienone is 2. The molecule has 3 aromatic carbocycles. The second kappa shape index (κ2) is 14.7. The van der Waals surface area contributed by atoms with Crippen molar-refractivity contribution in [3.63, 3.8) is 0 Å². The van der Waals surface area contributed by atoms with Crippen molar-refractivity contribution < 1.29 is 34.4 Å². The summed E-state index contributed by atoms with van der Waals surface area (Å²) >= 11 is -2.07. The Morgan fingerprint density at radius 3 is 2.11 bits per heavy atom. The number of aliphatic hydroxyl groups excluding tert-OH is 1. The van der Waals surface area contributed by atoms with E-state index in [1.165, 1.54) is 21.4 Å². The second-order valence-corrected chi connectivity index (χ2v) is 25.3. The van der Waals surface area contributed by atoms with E-state index >= 15 is 0 Å². The number of pyridine rings is 1. The molecule has 0 aliphatic carbocycles. The van der Waals surface area contributed by atoms with Gasteiger partial charge in [-0.25, -0.2) is 0 Å². The van der Waals surface area contributed by atoms with Crippen LogP contribution in [0.4, 0.5) is 4.39 Å². The van der Waals surface area contributed by atoms with E-state index in [1.54, 1.807) is 12.3 Å². The third-order valence-corrected chi connectivity index (χ3v) is 11.7. The summed E-state index contributed by atoms with van der Waals surface area (Å²) in [6, 6.07) is 23.6. The summed E-state index contributed by atoms with van der Waals surface area (Å²) in [5.41, 5.74) is 3.74. The number of aliphatic hydroxyl groups is 1. The number of benzene rings is 3. The maximum atomic E-state index is 15.0. The van der Waals surface area contributed by atoms with Crippen LogP contribution in [0.1, 0.15) is 66.9 Å². The summed E-state index contributed by atoms with van der Waals surface area (Å²) in [7, 11) is 0. The molecule has 6 heteroatoms. The number of aromatic nitrogens is 1. The van der Waals surface area contributed by atoms with Gasteiger partial charge in [0, 0.05) is 37.0 Å². The number of fused-ring (bicyclic) bond motifs is 1. The summed E-state index contributed by atoms with van der Waals surface area (Å²) in [4.78, 5) is 16.1. The van der Waals surface area contributed by atoms with Gasteiger partial charge < -0.3 is 5.11 Å². The standard InChI is InChI=1S/C27H27FGeN.C11H20O2.Ir/c1-18(2)25-15-21(14-19-8-6-7-9-23(19)25)27-16-20(12-13-30-27)24-11-10-22(17-26(24)28)29(3,4)5;1-10(2,3)8(12)7-9(13)11(4,5)6;/h6-13,15-18H,1-5H3;7,12H,1-6H3;/q-1;;/b;8-7-;. The first-order chi connectivity index (χ1) is 19.8. The number of nitrogens with zero attached hydrogens (tertiary/aromatic N) is 1. The second-order valence-electron chi connectivity index (χ2n) is 14.6. The number of hydrogen-bond donors (Lipinski definition) is 1. The van der Waals surface area contributed by atoms with Gasteiger partial charge in [0.25, 0.3) is 0 Å². The first-order valence-corrected chi connectivity index (χ1v) is 22.3. The summed E-state index contributed by atoms with van der Waals surface area (Å²) in [5, 5.41) is 11.9. The van der Waals surface area contributed by atoms with E-state index in [-0.39, 0.29) is 42.9 Å². The molecule has 237 valence electrons. The molecule has 1 N–H and O–H groups in total. The Hall–Kier alpha value is -2.60. The minimum atomic E-state index is -2.07. The Labute approximate surface area is 280 Å². The van der Waals surface area contributed by atoms with Crippen LogP contribution in [0.3, 0.4) is 0 Å². The maximum absolute atomic E-state index is 15.0. The van der Waals surface area contributed by atoms with Crippen LogP contribution in [-0.2, 0) is 24.9 Å². The molecule has 0 bridgehead atoms. The average molecular weight is 834 g/mol. The Balaban J connectivity index is 0.000000412. The summed E-state index contributed by atoms with van der Waals surface area (Å²) < 4.78 is 16.2. The zero-order valence-electron chi connectivity index (χ0n) is 28.0. The number of hydrogen-bond acceptors (Lipinski definition) is 3. The predicted molar refractivity (Wildman–Crippen MR) is 183 cm³/mol. The Kier molecular flexibility index (Phi) is 12.5. The van der Waals surface area contributed by atoms with E-state index in [0.717, 1.165) is 22.2 Å². The van der Waals surface area contributed by atoms with Crippen LogP contribution in [0.25, 0.3) is 33.2 Å². The Morgan fingerprint density at radius 1 is 0.932 bits per heavy atom. The molecule has 44 heavy (non-hydrogen) atoms. The van der Waals surface area contributed by atoms with Crippen LogP contribution in [0.15, 0.2) is 78.7 Å². The third-order valence-electron chi connectivity index (χ3n) is 7.39. The van der Waals surface area contributed by atoms with Crippen molar-refractivity contribution in [1.29, 1.82) is 0 Å². The van der Waals surface area contributed by atoms with E-state index in [9.17, 15) is 14.3 Å². The third kappa shape index (κ3) is 9.70. The first kappa shape index (κ1) is 37.6. The van der Waals surface area contributed by atoms with E-state index in [1.807, 2.05) is 65.8 Å². The molecule has 0 saturated carbocycles. The Bertz CT molecular complexity index is 1640. The molecule has 0 amide bonds. The molecule has 1 aromatic heterocycles. The molecule has 0 unspecified atom stereocenters. The summed E-state index contributed by atoms with van der Waals surface area (Å²) in [6.07, 6.45) is 3.09. The van der Waals surface area contributed by atoms with Gasteiger partial charge in [0.1, 0.15) is 5.76 Å². The molecule has 1 radical (unpaired) electrons. The van der Waals surface area contributed by atoms with E-state index < -0.39 is 18.7 Å². The van der Waals surface area contributed by atoms with Gasteiger partial charge in [-0.05, 0) is 0 Å². The number of halogens is 1. The van der Waals surface area contributed by atoms with Gasteiger partial charge in [0.2, 0.25) is 0 Å². The van der Waals surface area contributed by atoms with Crippen LogP contribution in [0, 0.1) is 22.7 Å². The van der Waals surface area contributed by atoms with Crippen LogP contribution in [0.2, 0.25) is 17.3 Å². The van der Waals surface area contributed by atoms with Gasteiger partial charge in [0.15, 0.2) is 5.78 Å². The molecule has 0 atom stereocenters. The number of ketones is 1. The first-order valence-electron chi connectivity index (χ1n) is 15.0. The monoisotopic (exact) mass is 835 g/mol. The molecular formula is C38H47FGeIrNO2-. The van der Waals surface area contributed by atoms with Gasteiger partial charge in [0.05, 0.1) is 0 Å². The van der Waals surface area contributed by atoms with Crippen LogP contribution in [0.5, 0.6) is 0 Å². The van der Waals surface area contributed by atoms with Crippen molar-refractivity contribution in [3.8, 4) is 22.4 Å². The smallest absolute Gasteiger partial charge is 0 e. The predicted octanol–water partition coefficient (Wildman–Crippen LogP) is 10.3. The van der Waals surface area contributed by atoms with Crippen molar-refractivity contribution >= 4 is 34.2 Å². The van der Waals surface area contributed by atoms with E-state index in [2.05, 4.69) is 72.5 Å². The van der Waals surface area contributed by atoms with Crippen molar-refractivity contribution in [1.82, 2.24) is 4.98 Å². The van der Waals surface area contributed by atoms with Crippen LogP contribution < -0.4 is 4.40 Å². The number of rotatable bonds is 5. The van der Waals surface area contributed by atoms with Gasteiger partial charge in [-0.3, -0.25) is 4.79 Å². The minimum absolute atomic E-state index is 0. The maximum Gasteiger partial charge on any atom is 0 e. The fourth-order valence-corrected chi connectivity index (χ4v) is 6.79. The van der Waals surface area contributed by atoms with Crippen LogP contribution >= 0.6 is 0 Å². The molecule has 0 saturated heterocycles. The van der Waals surface area contributed by atoms with Crippen molar-refractivity contribution in [2.75, 3.05) is 0 Å². The van der Waals surface area contributed by atoms with Gasteiger partial charge in [-0.1, -0.05) is 47.6 Å². The molecular weight excluding hydrogens is 786 g/mol. The SMILES string of the molecule is CC(C)(C)C(=O)/C=C(\O)C(C)(C)C.CC(C)c1cc(-c2cc(-c3cc[c]([Ge]([CH3])([CH3])[CH3])cc3F)ccn2)[c-]c2ccccc12.[Ir]. The topological polar surface area (TPSA) is 50.2 Å². The summed E-state index contributed by atoms with van der Waals surface area (Å²) in [6.45, 7) is 15.5. The van der Waals surface area contributed by atoms with Gasteiger partial charge in [-0.2, -0.15) is 0 Å². The zero-order chi connectivity index (χ0) is 32.3. The van der Waals surface area contributed by atoms with Crippen LogP contribution in [-0.4, -0.2) is 29.1 Å². The van der Waals surface area contributed by atoms with Gasteiger partial charge >= 0.3 is 175 Å². The molecule has 4 aromatic rings. The van der Waals surface area contributed by atoms with Crippen molar-refractivity contribution in [3.05, 3.63) is 96.1 Å². The molecule has 0 fully saturated rings. The van der Waals surface area contributed by atoms with E-state index in [4.69, 9.17) is 0 Å². The molecule has 0 spiro atoms. The average Bonchev–Trinajstić information content (AvgIpc) is 2.91. The quantitative estimate of drug-likeness (QED) is 0.0943. The van der Waals surface area contributed by atoms with E-state index in [0.29, 0.717) is 11.5 Å². The molecule has 4 rings (SSSR count). The molecule has 0 aliphatic rings. The van der Waals surface area contributed by atoms with Crippen molar-refractivity contribution in [2.45, 2.75) is 78.6 Å². The fraction of sp³-hybridized carbons (Fsp3) is 0.368. The number of carbonyl (C=O) groups excluding carboxylic acids is 1. The normalized spacial score (nSPS) is 12.4. The summed E-state index contributed by atoms with van der Waals surface area (Å²) in [5.74, 6) is 7.17.